The standard InChI is InChI=1S/C15H16O2S/c1-2-3-4-12-5-7-13(8-6-12)17-14-9-15(10-16)18-11-14/h5-11H,2-4H2,1H3. The Morgan fingerprint density at radius 2 is 2.00 bits per heavy atom. The van der Waals surface area contributed by atoms with E-state index in [1.807, 2.05) is 17.5 Å². The molecular weight excluding hydrogens is 244 g/mol. The van der Waals surface area contributed by atoms with E-state index in [0.29, 0.717) is 4.88 Å². The Morgan fingerprint density at radius 3 is 2.61 bits per heavy atom. The van der Waals surface area contributed by atoms with Crippen LogP contribution in [0.15, 0.2) is 35.7 Å². The molecule has 2 rings (SSSR count). The van der Waals surface area contributed by atoms with Crippen LogP contribution in [0.25, 0.3) is 0 Å². The molecule has 0 N–H and O–H groups in total. The van der Waals surface area contributed by atoms with Crippen LogP contribution in [0.1, 0.15) is 35.0 Å². The predicted molar refractivity (Wildman–Crippen MR) is 74.8 cm³/mol. The number of unbranched alkanes of at least 4 members (excludes halogenated alkanes) is 1. The van der Waals surface area contributed by atoms with Crippen LogP contribution in [0, 0.1) is 0 Å². The summed E-state index contributed by atoms with van der Waals surface area (Å²) < 4.78 is 5.67. The highest BCUT2D eigenvalue weighted by Crippen LogP contribution is 2.26. The van der Waals surface area contributed by atoms with Gasteiger partial charge in [-0.1, -0.05) is 25.5 Å². The quantitative estimate of drug-likeness (QED) is 0.704. The molecule has 0 aliphatic heterocycles. The lowest BCUT2D eigenvalue weighted by atomic mass is 10.1. The van der Waals surface area contributed by atoms with Crippen LogP contribution < -0.4 is 4.74 Å². The third kappa shape index (κ3) is 3.44. The van der Waals surface area contributed by atoms with Crippen LogP contribution in [-0.4, -0.2) is 6.29 Å². The number of hydrogen-bond donors (Lipinski definition) is 0. The highest BCUT2D eigenvalue weighted by molar-refractivity contribution is 7.11. The van der Waals surface area contributed by atoms with E-state index in [-0.39, 0.29) is 0 Å². The van der Waals surface area contributed by atoms with Gasteiger partial charge in [-0.05, 0) is 30.5 Å². The first-order valence-corrected chi connectivity index (χ1v) is 7.00. The van der Waals surface area contributed by atoms with E-state index >= 15 is 0 Å². The third-order valence-electron chi connectivity index (χ3n) is 2.69. The molecule has 1 aromatic heterocycles. The minimum atomic E-state index is 0.685. The van der Waals surface area contributed by atoms with Crippen LogP contribution in [0.3, 0.4) is 0 Å². The lowest BCUT2D eigenvalue weighted by molar-refractivity contribution is 0.112. The Labute approximate surface area is 111 Å². The molecule has 0 amide bonds. The Hall–Kier alpha value is -1.61. The molecule has 0 spiro atoms. The molecule has 0 radical (unpaired) electrons. The van der Waals surface area contributed by atoms with Crippen molar-refractivity contribution in [3.05, 3.63) is 46.2 Å². The smallest absolute Gasteiger partial charge is 0.160 e. The number of carbonyl (C=O) groups is 1. The van der Waals surface area contributed by atoms with Crippen molar-refractivity contribution in [1.82, 2.24) is 0 Å². The third-order valence-corrected chi connectivity index (χ3v) is 3.53. The summed E-state index contributed by atoms with van der Waals surface area (Å²) in [6.45, 7) is 2.19. The highest BCUT2D eigenvalue weighted by atomic mass is 32.1. The molecule has 94 valence electrons. The molecular formula is C15H16O2S. The molecule has 1 aromatic carbocycles. The van der Waals surface area contributed by atoms with Crippen molar-refractivity contribution >= 4 is 17.6 Å². The molecule has 3 heteroatoms. The van der Waals surface area contributed by atoms with E-state index in [1.54, 1.807) is 6.07 Å². The minimum Gasteiger partial charge on any atom is -0.456 e. The lowest BCUT2D eigenvalue weighted by Gasteiger charge is -2.04. The van der Waals surface area contributed by atoms with Crippen molar-refractivity contribution in [2.75, 3.05) is 0 Å². The van der Waals surface area contributed by atoms with Crippen molar-refractivity contribution in [3.63, 3.8) is 0 Å². The summed E-state index contributed by atoms with van der Waals surface area (Å²) in [6, 6.07) is 9.89. The van der Waals surface area contributed by atoms with E-state index < -0.39 is 0 Å². The van der Waals surface area contributed by atoms with Crippen LogP contribution in [0.4, 0.5) is 0 Å². The van der Waals surface area contributed by atoms with E-state index in [2.05, 4.69) is 19.1 Å². The number of aldehydes is 1. The monoisotopic (exact) mass is 260 g/mol. The molecule has 0 saturated heterocycles. The summed E-state index contributed by atoms with van der Waals surface area (Å²) in [5.74, 6) is 1.54. The van der Waals surface area contributed by atoms with Gasteiger partial charge in [0.25, 0.3) is 0 Å². The topological polar surface area (TPSA) is 26.3 Å². The maximum absolute atomic E-state index is 10.6. The summed E-state index contributed by atoms with van der Waals surface area (Å²) >= 11 is 1.39. The fourth-order valence-corrected chi connectivity index (χ4v) is 2.30. The van der Waals surface area contributed by atoms with E-state index in [4.69, 9.17) is 4.74 Å². The number of rotatable bonds is 6. The number of ether oxygens (including phenoxy) is 1. The molecule has 2 aromatic rings. The fraction of sp³-hybridized carbons (Fsp3) is 0.267. The normalized spacial score (nSPS) is 10.3. The van der Waals surface area contributed by atoms with Crippen molar-refractivity contribution < 1.29 is 9.53 Å². The lowest BCUT2D eigenvalue weighted by Crippen LogP contribution is -1.86. The fourth-order valence-electron chi connectivity index (χ4n) is 1.69. The second-order valence-electron chi connectivity index (χ2n) is 4.15. The van der Waals surface area contributed by atoms with Crippen molar-refractivity contribution in [1.29, 1.82) is 0 Å². The summed E-state index contributed by atoms with van der Waals surface area (Å²) in [6.07, 6.45) is 4.38. The summed E-state index contributed by atoms with van der Waals surface area (Å²) in [4.78, 5) is 11.3. The zero-order chi connectivity index (χ0) is 12.8. The first kappa shape index (κ1) is 12.8. The zero-order valence-corrected chi connectivity index (χ0v) is 11.2. The number of benzene rings is 1. The summed E-state index contributed by atoms with van der Waals surface area (Å²) in [7, 11) is 0. The van der Waals surface area contributed by atoms with Crippen LogP contribution >= 0.6 is 11.3 Å². The number of thiophene rings is 1. The minimum absolute atomic E-state index is 0.685. The molecule has 0 fully saturated rings. The first-order chi connectivity index (χ1) is 8.81. The van der Waals surface area contributed by atoms with Gasteiger partial charge < -0.3 is 4.74 Å². The maximum Gasteiger partial charge on any atom is 0.160 e. The SMILES string of the molecule is CCCCc1ccc(Oc2csc(C=O)c2)cc1. The van der Waals surface area contributed by atoms with Gasteiger partial charge in [0.2, 0.25) is 0 Å². The van der Waals surface area contributed by atoms with E-state index in [9.17, 15) is 4.79 Å². The first-order valence-electron chi connectivity index (χ1n) is 6.12. The predicted octanol–water partition coefficient (Wildman–Crippen LogP) is 4.70. The molecule has 1 heterocycles. The van der Waals surface area contributed by atoms with Gasteiger partial charge in [-0.15, -0.1) is 11.3 Å². The maximum atomic E-state index is 10.6. The van der Waals surface area contributed by atoms with E-state index in [0.717, 1.165) is 24.2 Å². The van der Waals surface area contributed by atoms with Gasteiger partial charge in [0.05, 0.1) is 4.88 Å². The van der Waals surface area contributed by atoms with Gasteiger partial charge in [-0.3, -0.25) is 4.79 Å². The van der Waals surface area contributed by atoms with Gasteiger partial charge in [0.15, 0.2) is 6.29 Å². The molecule has 0 unspecified atom stereocenters. The molecule has 18 heavy (non-hydrogen) atoms. The molecule has 0 atom stereocenters. The van der Waals surface area contributed by atoms with Gasteiger partial charge >= 0.3 is 0 Å². The molecule has 2 nitrogen and oxygen atoms in total. The number of aryl methyl sites for hydroxylation is 1. The second-order valence-corrected chi connectivity index (χ2v) is 5.10. The molecule has 0 saturated carbocycles. The molecule has 0 aliphatic rings. The average molecular weight is 260 g/mol. The number of hydrogen-bond acceptors (Lipinski definition) is 3. The Kier molecular flexibility index (Phi) is 4.53. The average Bonchev–Trinajstić information content (AvgIpc) is 2.86. The zero-order valence-electron chi connectivity index (χ0n) is 10.4. The van der Waals surface area contributed by atoms with Crippen LogP contribution in [0.5, 0.6) is 11.5 Å². The Balaban J connectivity index is 1.99. The molecule has 0 bridgehead atoms. The molecule has 0 aliphatic carbocycles. The second kappa shape index (κ2) is 6.36. The number of carbonyl (C=O) groups excluding carboxylic acids is 1. The van der Waals surface area contributed by atoms with Crippen molar-refractivity contribution in [2.45, 2.75) is 26.2 Å². The van der Waals surface area contributed by atoms with Gasteiger partial charge in [-0.25, -0.2) is 0 Å². The Bertz CT molecular complexity index is 499. The van der Waals surface area contributed by atoms with Gasteiger partial charge in [-0.2, -0.15) is 0 Å². The highest BCUT2D eigenvalue weighted by Gasteiger charge is 2.01. The van der Waals surface area contributed by atoms with Gasteiger partial charge in [0, 0.05) is 11.4 Å². The van der Waals surface area contributed by atoms with E-state index in [1.165, 1.54) is 29.7 Å². The van der Waals surface area contributed by atoms with Crippen LogP contribution in [-0.2, 0) is 6.42 Å². The summed E-state index contributed by atoms with van der Waals surface area (Å²) in [5.41, 5.74) is 1.34. The van der Waals surface area contributed by atoms with Crippen LogP contribution in [0.2, 0.25) is 0 Å². The van der Waals surface area contributed by atoms with Gasteiger partial charge in [0.1, 0.15) is 11.5 Å². The Morgan fingerprint density at radius 1 is 1.22 bits per heavy atom. The van der Waals surface area contributed by atoms with Crippen molar-refractivity contribution in [3.8, 4) is 11.5 Å². The largest absolute Gasteiger partial charge is 0.456 e. The van der Waals surface area contributed by atoms with Crippen molar-refractivity contribution in [2.24, 2.45) is 0 Å². The summed E-state index contributed by atoms with van der Waals surface area (Å²) in [5, 5.41) is 1.84.